The lowest BCUT2D eigenvalue weighted by Gasteiger charge is -2.15. The molecule has 1 aliphatic heterocycles. The second-order valence-corrected chi connectivity index (χ2v) is 5.95. The van der Waals surface area contributed by atoms with Gasteiger partial charge in [0.05, 0.1) is 19.8 Å². The van der Waals surface area contributed by atoms with Crippen LogP contribution in [-0.4, -0.2) is 38.4 Å². The summed E-state index contributed by atoms with van der Waals surface area (Å²) in [5, 5.41) is 6.88. The van der Waals surface area contributed by atoms with Crippen LogP contribution in [0.5, 0.6) is 5.75 Å². The molecular weight excluding hydrogens is 278 g/mol. The Bertz CT molecular complexity index is 508. The molecule has 1 unspecified atom stereocenters. The van der Waals surface area contributed by atoms with Crippen LogP contribution in [0.2, 0.25) is 0 Å². The molecule has 0 aromatic heterocycles. The lowest BCUT2D eigenvalue weighted by molar-refractivity contribution is 0.113. The Morgan fingerprint density at radius 2 is 2.27 bits per heavy atom. The number of ether oxygens (including phenoxy) is 2. The van der Waals surface area contributed by atoms with Crippen LogP contribution in [0.25, 0.3) is 0 Å². The van der Waals surface area contributed by atoms with Crippen molar-refractivity contribution in [2.24, 2.45) is 4.99 Å². The van der Waals surface area contributed by atoms with Crippen LogP contribution >= 0.6 is 0 Å². The second kappa shape index (κ2) is 7.49. The fourth-order valence-electron chi connectivity index (χ4n) is 2.53. The van der Waals surface area contributed by atoms with Crippen LogP contribution in [0.1, 0.15) is 31.2 Å². The Kier molecular flexibility index (Phi) is 5.16. The van der Waals surface area contributed by atoms with Gasteiger partial charge in [-0.05, 0) is 43.4 Å². The van der Waals surface area contributed by atoms with Gasteiger partial charge in [-0.3, -0.25) is 0 Å². The van der Waals surface area contributed by atoms with E-state index in [1.165, 1.54) is 19.3 Å². The molecule has 0 spiro atoms. The van der Waals surface area contributed by atoms with Gasteiger partial charge < -0.3 is 20.1 Å². The first-order chi connectivity index (χ1) is 10.8. The smallest absolute Gasteiger partial charge is 0.191 e. The van der Waals surface area contributed by atoms with E-state index in [-0.39, 0.29) is 0 Å². The number of hydrogen-bond acceptors (Lipinski definition) is 3. The van der Waals surface area contributed by atoms with Crippen molar-refractivity contribution < 1.29 is 9.47 Å². The van der Waals surface area contributed by atoms with E-state index >= 15 is 0 Å². The molecule has 0 bridgehead atoms. The van der Waals surface area contributed by atoms with Gasteiger partial charge in [-0.1, -0.05) is 12.1 Å². The Morgan fingerprint density at radius 3 is 3.00 bits per heavy atom. The van der Waals surface area contributed by atoms with Crippen LogP contribution in [0.4, 0.5) is 0 Å². The van der Waals surface area contributed by atoms with Crippen molar-refractivity contribution in [3.8, 4) is 5.75 Å². The highest BCUT2D eigenvalue weighted by molar-refractivity contribution is 5.80. The van der Waals surface area contributed by atoms with Gasteiger partial charge in [-0.15, -0.1) is 0 Å². The van der Waals surface area contributed by atoms with Crippen molar-refractivity contribution >= 4 is 5.96 Å². The maximum Gasteiger partial charge on any atom is 0.191 e. The average Bonchev–Trinajstić information content (AvgIpc) is 3.22. The summed E-state index contributed by atoms with van der Waals surface area (Å²) in [6, 6.07) is 8.63. The molecule has 3 rings (SSSR count). The molecule has 1 atom stereocenters. The van der Waals surface area contributed by atoms with E-state index in [0.29, 0.717) is 18.7 Å². The largest absolute Gasteiger partial charge is 0.497 e. The summed E-state index contributed by atoms with van der Waals surface area (Å²) >= 11 is 0. The predicted octanol–water partition coefficient (Wildman–Crippen LogP) is 2.07. The van der Waals surface area contributed by atoms with E-state index in [1.807, 2.05) is 18.2 Å². The van der Waals surface area contributed by atoms with Crippen LogP contribution in [-0.2, 0) is 11.3 Å². The van der Waals surface area contributed by atoms with E-state index < -0.39 is 0 Å². The third kappa shape index (κ3) is 4.63. The summed E-state index contributed by atoms with van der Waals surface area (Å²) in [5.41, 5.74) is 1.15. The first kappa shape index (κ1) is 15.2. The summed E-state index contributed by atoms with van der Waals surface area (Å²) in [5.74, 6) is 1.76. The van der Waals surface area contributed by atoms with Gasteiger partial charge in [0.1, 0.15) is 5.75 Å². The van der Waals surface area contributed by atoms with E-state index in [0.717, 1.165) is 36.8 Å². The molecule has 22 heavy (non-hydrogen) atoms. The maximum absolute atomic E-state index is 5.66. The number of rotatable bonds is 6. The lowest BCUT2D eigenvalue weighted by atomic mass is 10.2. The van der Waals surface area contributed by atoms with Crippen LogP contribution < -0.4 is 15.4 Å². The number of aliphatic imine (C=N–C) groups is 1. The van der Waals surface area contributed by atoms with Crippen molar-refractivity contribution in [1.29, 1.82) is 0 Å². The highest BCUT2D eigenvalue weighted by atomic mass is 16.5. The molecule has 5 heteroatoms. The molecule has 0 amide bonds. The molecule has 2 N–H and O–H groups in total. The van der Waals surface area contributed by atoms with Gasteiger partial charge in [0, 0.05) is 19.2 Å². The van der Waals surface area contributed by atoms with Crippen molar-refractivity contribution in [3.63, 3.8) is 0 Å². The third-order valence-electron chi connectivity index (χ3n) is 3.99. The summed E-state index contributed by atoms with van der Waals surface area (Å²) in [6.07, 6.45) is 5.10. The molecule has 1 saturated heterocycles. The minimum Gasteiger partial charge on any atom is -0.497 e. The van der Waals surface area contributed by atoms with Crippen molar-refractivity contribution in [2.75, 3.05) is 20.3 Å². The van der Waals surface area contributed by atoms with E-state index in [9.17, 15) is 0 Å². The molecule has 1 aromatic carbocycles. The van der Waals surface area contributed by atoms with Gasteiger partial charge in [0.25, 0.3) is 0 Å². The molecule has 1 heterocycles. The normalized spacial score (nSPS) is 21.7. The Labute approximate surface area is 132 Å². The van der Waals surface area contributed by atoms with E-state index in [1.54, 1.807) is 7.11 Å². The lowest BCUT2D eigenvalue weighted by Crippen LogP contribution is -2.42. The number of nitrogens with one attached hydrogen (secondary N) is 2. The number of guanidine groups is 1. The highest BCUT2D eigenvalue weighted by Gasteiger charge is 2.23. The number of methoxy groups -OCH3 is 1. The standard InChI is InChI=1S/C17H25N3O2/c1-21-15-5-2-4-13(10-15)11-18-17(20-14-7-8-14)19-12-16-6-3-9-22-16/h2,4-5,10,14,16H,3,6-9,11-12H2,1H3,(H2,18,19,20). The Balaban J connectivity index is 1.56. The fraction of sp³-hybridized carbons (Fsp3) is 0.588. The summed E-state index contributed by atoms with van der Waals surface area (Å²) in [6.45, 7) is 2.36. The van der Waals surface area contributed by atoms with E-state index in [4.69, 9.17) is 14.5 Å². The van der Waals surface area contributed by atoms with Crippen molar-refractivity contribution in [3.05, 3.63) is 29.8 Å². The quantitative estimate of drug-likeness (QED) is 0.624. The highest BCUT2D eigenvalue weighted by Crippen LogP contribution is 2.19. The molecule has 120 valence electrons. The Hall–Kier alpha value is -1.75. The molecule has 1 saturated carbocycles. The molecule has 1 aliphatic carbocycles. The fourth-order valence-corrected chi connectivity index (χ4v) is 2.53. The summed E-state index contributed by atoms with van der Waals surface area (Å²) in [7, 11) is 1.69. The molecule has 2 aliphatic rings. The van der Waals surface area contributed by atoms with Crippen LogP contribution in [0, 0.1) is 0 Å². The molecule has 2 fully saturated rings. The summed E-state index contributed by atoms with van der Waals surface area (Å²) in [4.78, 5) is 4.69. The van der Waals surface area contributed by atoms with Crippen molar-refractivity contribution in [2.45, 2.75) is 44.4 Å². The van der Waals surface area contributed by atoms with Gasteiger partial charge >= 0.3 is 0 Å². The monoisotopic (exact) mass is 303 g/mol. The van der Waals surface area contributed by atoms with Crippen LogP contribution in [0.3, 0.4) is 0 Å². The van der Waals surface area contributed by atoms with Gasteiger partial charge in [-0.25, -0.2) is 4.99 Å². The zero-order chi connectivity index (χ0) is 15.2. The van der Waals surface area contributed by atoms with Crippen LogP contribution in [0.15, 0.2) is 29.3 Å². The van der Waals surface area contributed by atoms with E-state index in [2.05, 4.69) is 16.7 Å². The second-order valence-electron chi connectivity index (χ2n) is 5.95. The zero-order valence-electron chi connectivity index (χ0n) is 13.2. The minimum absolute atomic E-state index is 0.322. The minimum atomic E-state index is 0.322. The topological polar surface area (TPSA) is 54.9 Å². The van der Waals surface area contributed by atoms with Gasteiger partial charge in [0.2, 0.25) is 0 Å². The Morgan fingerprint density at radius 1 is 1.36 bits per heavy atom. The molecule has 5 nitrogen and oxygen atoms in total. The SMILES string of the molecule is COc1cccc(CN=C(NCC2CCCO2)NC2CC2)c1. The number of benzene rings is 1. The molecule has 0 radical (unpaired) electrons. The number of nitrogens with zero attached hydrogens (tertiary/aromatic N) is 1. The van der Waals surface area contributed by atoms with Crippen molar-refractivity contribution in [1.82, 2.24) is 10.6 Å². The first-order valence-corrected chi connectivity index (χ1v) is 8.13. The van der Waals surface area contributed by atoms with Gasteiger partial charge in [-0.2, -0.15) is 0 Å². The first-order valence-electron chi connectivity index (χ1n) is 8.13. The summed E-state index contributed by atoms with van der Waals surface area (Å²) < 4.78 is 10.9. The molecular formula is C17H25N3O2. The zero-order valence-corrected chi connectivity index (χ0v) is 13.2. The third-order valence-corrected chi connectivity index (χ3v) is 3.99. The molecule has 1 aromatic rings. The predicted molar refractivity (Wildman–Crippen MR) is 87.3 cm³/mol. The van der Waals surface area contributed by atoms with Gasteiger partial charge in [0.15, 0.2) is 5.96 Å². The average molecular weight is 303 g/mol. The number of hydrogen-bond donors (Lipinski definition) is 2. The maximum atomic E-state index is 5.66.